The maximum Gasteiger partial charge on any atom is 0.249 e. The molecule has 0 radical (unpaired) electrons. The molecule has 0 heterocycles. The fourth-order valence-electron chi connectivity index (χ4n) is 4.92. The Balaban J connectivity index is 5.75. The van der Waals surface area contributed by atoms with Crippen LogP contribution in [0.1, 0.15) is 61.3 Å². The molecule has 14 heteroatoms. The Labute approximate surface area is 328 Å². The van der Waals surface area contributed by atoms with Crippen LogP contribution in [0.5, 0.6) is 0 Å². The number of nitrogens with zero attached hydrogens (tertiary/aromatic N) is 3. The molecule has 0 spiro atoms. The van der Waals surface area contributed by atoms with Gasteiger partial charge in [0.15, 0.2) is 0 Å². The number of rotatable bonds is 25. The van der Waals surface area contributed by atoms with E-state index < -0.39 is 29.4 Å². The smallest absolute Gasteiger partial charge is 0.249 e. The van der Waals surface area contributed by atoms with Crippen molar-refractivity contribution in [1.29, 1.82) is 0 Å². The van der Waals surface area contributed by atoms with Crippen molar-refractivity contribution in [2.75, 3.05) is 66.5 Å². The summed E-state index contributed by atoms with van der Waals surface area (Å²) in [5.74, 6) is -1.88. The zero-order valence-corrected chi connectivity index (χ0v) is 34.6. The van der Waals surface area contributed by atoms with Gasteiger partial charge in [-0.2, -0.15) is 0 Å². The van der Waals surface area contributed by atoms with Crippen molar-refractivity contribution in [3.05, 3.63) is 84.1 Å². The number of amides is 6. The predicted octanol–water partition coefficient (Wildman–Crippen LogP) is 2.53. The number of carbonyl (C=O) groups excluding carboxylic acids is 6. The summed E-state index contributed by atoms with van der Waals surface area (Å²) in [6, 6.07) is 0. The predicted molar refractivity (Wildman–Crippen MR) is 218 cm³/mol. The molecule has 1 atom stereocenters. The largest absolute Gasteiger partial charge is 0.375 e. The molecule has 0 saturated heterocycles. The molecule has 0 aliphatic heterocycles. The molecule has 0 aromatic rings. The standard InChI is InChI=1S/C41H65N7O7/c1-27(2)34(49)42-23-41(24-43-35(50)28(3)4,25-44-36(51)29(5)6)26-45-37(52)32(11)17-18-33(12)40(55)47(14)20-16-22-48(39(54)31(9)10)21-15-19-46(13)38(53)30(7)8/h17-18,34,42,49H,1,3,5,7,9,15-16,19-26H2,2,4,6,8,10-14H3,(H,43,50)(H,44,51)(H,45,52)/b32-17+,33-18+. The van der Waals surface area contributed by atoms with Crippen LogP contribution in [0, 0.1) is 5.41 Å². The summed E-state index contributed by atoms with van der Waals surface area (Å²) in [7, 11) is 3.35. The summed E-state index contributed by atoms with van der Waals surface area (Å²) in [5, 5.41) is 21.8. The zero-order valence-electron chi connectivity index (χ0n) is 34.6. The third kappa shape index (κ3) is 18.7. The molecule has 0 aliphatic carbocycles. The van der Waals surface area contributed by atoms with Gasteiger partial charge in [0.05, 0.1) is 0 Å². The van der Waals surface area contributed by atoms with Crippen molar-refractivity contribution < 1.29 is 33.9 Å². The highest BCUT2D eigenvalue weighted by atomic mass is 16.3. The monoisotopic (exact) mass is 767 g/mol. The van der Waals surface area contributed by atoms with Gasteiger partial charge in [-0.1, -0.05) is 45.0 Å². The Kier molecular flexibility index (Phi) is 22.1. The summed E-state index contributed by atoms with van der Waals surface area (Å²) in [6.45, 7) is 31.4. The van der Waals surface area contributed by atoms with Crippen LogP contribution < -0.4 is 21.3 Å². The van der Waals surface area contributed by atoms with E-state index in [4.69, 9.17) is 0 Å². The van der Waals surface area contributed by atoms with E-state index in [0.717, 1.165) is 0 Å². The van der Waals surface area contributed by atoms with Gasteiger partial charge in [-0.3, -0.25) is 34.1 Å². The van der Waals surface area contributed by atoms with Crippen LogP contribution in [0.2, 0.25) is 0 Å². The van der Waals surface area contributed by atoms with Crippen LogP contribution in [0.4, 0.5) is 0 Å². The van der Waals surface area contributed by atoms with Crippen LogP contribution >= 0.6 is 0 Å². The minimum absolute atomic E-state index is 0.000880. The highest BCUT2D eigenvalue weighted by Crippen LogP contribution is 2.16. The Hall–Kier alpha value is -5.08. The van der Waals surface area contributed by atoms with Gasteiger partial charge < -0.3 is 35.8 Å². The van der Waals surface area contributed by atoms with Crippen LogP contribution in [0.15, 0.2) is 84.1 Å². The normalized spacial score (nSPS) is 12.1. The maximum absolute atomic E-state index is 13.3. The minimum Gasteiger partial charge on any atom is -0.375 e. The molecule has 0 bridgehead atoms. The maximum atomic E-state index is 13.3. The van der Waals surface area contributed by atoms with Gasteiger partial charge in [0.2, 0.25) is 35.4 Å². The van der Waals surface area contributed by atoms with E-state index in [0.29, 0.717) is 66.9 Å². The first-order valence-corrected chi connectivity index (χ1v) is 18.1. The van der Waals surface area contributed by atoms with Gasteiger partial charge in [-0.05, 0) is 66.9 Å². The molecule has 0 aliphatic rings. The molecule has 0 aromatic heterocycles. The van der Waals surface area contributed by atoms with Crippen molar-refractivity contribution in [2.45, 2.75) is 67.5 Å². The molecule has 0 rings (SSSR count). The first kappa shape index (κ1) is 49.9. The molecule has 14 nitrogen and oxygen atoms in total. The first-order valence-electron chi connectivity index (χ1n) is 18.1. The fraction of sp³-hybridized carbons (Fsp3) is 0.512. The number of aliphatic hydroxyl groups excluding tert-OH is 1. The lowest BCUT2D eigenvalue weighted by atomic mass is 9.86. The third-order valence-electron chi connectivity index (χ3n) is 8.62. The second-order valence-corrected chi connectivity index (χ2v) is 14.5. The second kappa shape index (κ2) is 24.4. The van der Waals surface area contributed by atoms with E-state index in [1.165, 1.54) is 11.0 Å². The molecular formula is C41H65N7O7. The number of hydrogen-bond donors (Lipinski definition) is 5. The van der Waals surface area contributed by atoms with Crippen molar-refractivity contribution in [3.63, 3.8) is 0 Å². The van der Waals surface area contributed by atoms with Crippen molar-refractivity contribution in [1.82, 2.24) is 36.0 Å². The molecule has 5 N–H and O–H groups in total. The van der Waals surface area contributed by atoms with E-state index in [1.807, 2.05) is 0 Å². The first-order chi connectivity index (χ1) is 25.5. The molecule has 306 valence electrons. The summed E-state index contributed by atoms with van der Waals surface area (Å²) in [6.07, 6.45) is 3.06. The van der Waals surface area contributed by atoms with Crippen molar-refractivity contribution in [2.24, 2.45) is 5.41 Å². The van der Waals surface area contributed by atoms with Gasteiger partial charge in [0.1, 0.15) is 6.23 Å². The molecule has 0 saturated carbocycles. The highest BCUT2D eigenvalue weighted by molar-refractivity contribution is 5.96. The summed E-state index contributed by atoms with van der Waals surface area (Å²) in [4.78, 5) is 81.0. The topological polar surface area (TPSA) is 180 Å². The Morgan fingerprint density at radius 3 is 1.36 bits per heavy atom. The van der Waals surface area contributed by atoms with Crippen LogP contribution in [0.25, 0.3) is 0 Å². The quantitative estimate of drug-likeness (QED) is 0.0407. The molecule has 0 fully saturated rings. The van der Waals surface area contributed by atoms with Gasteiger partial charge in [-0.25, -0.2) is 0 Å². The Morgan fingerprint density at radius 1 is 0.564 bits per heavy atom. The molecule has 55 heavy (non-hydrogen) atoms. The van der Waals surface area contributed by atoms with Crippen molar-refractivity contribution in [3.8, 4) is 0 Å². The number of hydrogen-bond acceptors (Lipinski definition) is 8. The van der Waals surface area contributed by atoms with Gasteiger partial charge in [-0.15, -0.1) is 0 Å². The molecule has 0 aromatic carbocycles. The molecular weight excluding hydrogens is 702 g/mol. The average molecular weight is 768 g/mol. The Morgan fingerprint density at radius 2 is 0.964 bits per heavy atom. The van der Waals surface area contributed by atoms with Crippen LogP contribution in [0.3, 0.4) is 0 Å². The minimum atomic E-state index is -1.08. The fourth-order valence-corrected chi connectivity index (χ4v) is 4.92. The van der Waals surface area contributed by atoms with Crippen molar-refractivity contribution >= 4 is 35.4 Å². The number of carbonyl (C=O) groups is 6. The number of likely N-dealkylation sites (N-methyl/N-ethyl adjacent to an activating group) is 2. The Bertz CT molecular complexity index is 1530. The third-order valence-corrected chi connectivity index (χ3v) is 8.62. The van der Waals surface area contributed by atoms with Gasteiger partial charge in [0.25, 0.3) is 0 Å². The number of nitrogens with one attached hydrogen (secondary N) is 4. The van der Waals surface area contributed by atoms with E-state index in [1.54, 1.807) is 78.4 Å². The molecule has 6 amide bonds. The molecule has 1 unspecified atom stereocenters. The second-order valence-electron chi connectivity index (χ2n) is 14.5. The van der Waals surface area contributed by atoms with E-state index in [9.17, 15) is 33.9 Å². The van der Waals surface area contributed by atoms with E-state index in [-0.39, 0.29) is 55.0 Å². The van der Waals surface area contributed by atoms with Gasteiger partial charge >= 0.3 is 0 Å². The van der Waals surface area contributed by atoms with Gasteiger partial charge in [0, 0.05) is 105 Å². The summed E-state index contributed by atoms with van der Waals surface area (Å²) < 4.78 is 0. The summed E-state index contributed by atoms with van der Waals surface area (Å²) in [5.41, 5.74) is 1.49. The zero-order chi connectivity index (χ0) is 42.6. The lowest BCUT2D eigenvalue weighted by Gasteiger charge is -2.36. The van der Waals surface area contributed by atoms with Crippen LogP contribution in [-0.4, -0.2) is 128 Å². The van der Waals surface area contributed by atoms with E-state index in [2.05, 4.69) is 54.2 Å². The number of aliphatic hydroxyl groups is 1. The highest BCUT2D eigenvalue weighted by Gasteiger charge is 2.33. The number of allylic oxidation sites excluding steroid dienone is 2. The van der Waals surface area contributed by atoms with Crippen LogP contribution in [-0.2, 0) is 28.8 Å². The SMILES string of the molecule is C=C(C)C(=O)NCC(CNC(=O)C(=C)C)(CNC(=O)/C(C)=C/C=C(\C)C(=O)N(C)CCCN(CCCN(C)C(=O)C(=C)C)C(=O)C(=C)C)CNC(O)C(=C)C. The lowest BCUT2D eigenvalue weighted by Crippen LogP contribution is -2.57. The lowest BCUT2D eigenvalue weighted by molar-refractivity contribution is -0.127. The average Bonchev–Trinajstić information content (AvgIpc) is 3.13. The summed E-state index contributed by atoms with van der Waals surface area (Å²) >= 11 is 0. The van der Waals surface area contributed by atoms with E-state index >= 15 is 0 Å².